The predicted octanol–water partition coefficient (Wildman–Crippen LogP) is 1.19. The summed E-state index contributed by atoms with van der Waals surface area (Å²) in [5.74, 6) is -1.34. The van der Waals surface area contributed by atoms with E-state index >= 15 is 0 Å². The Balaban J connectivity index is 2.31. The normalized spacial score (nSPS) is 23.1. The molecular formula is C12H17NO5S2. The van der Waals surface area contributed by atoms with Crippen molar-refractivity contribution < 1.29 is 23.4 Å². The molecule has 1 aromatic rings. The fourth-order valence-electron chi connectivity index (χ4n) is 2.58. The summed E-state index contributed by atoms with van der Waals surface area (Å²) >= 11 is 0.908. The van der Waals surface area contributed by atoms with Crippen molar-refractivity contribution in [3.05, 3.63) is 15.8 Å². The van der Waals surface area contributed by atoms with Crippen LogP contribution < -0.4 is 4.72 Å². The number of aliphatic hydroxyl groups is 1. The monoisotopic (exact) mass is 319 g/mol. The lowest BCUT2D eigenvalue weighted by Gasteiger charge is -2.19. The first kappa shape index (κ1) is 15.4. The van der Waals surface area contributed by atoms with E-state index in [9.17, 15) is 18.3 Å². The number of carboxylic acids is 1. The Morgan fingerprint density at radius 1 is 1.50 bits per heavy atom. The van der Waals surface area contributed by atoms with Gasteiger partial charge in [0.2, 0.25) is 10.0 Å². The Morgan fingerprint density at radius 2 is 2.20 bits per heavy atom. The van der Waals surface area contributed by atoms with E-state index in [1.807, 2.05) is 0 Å². The number of hydrogen-bond acceptors (Lipinski definition) is 5. The van der Waals surface area contributed by atoms with E-state index in [-0.39, 0.29) is 28.3 Å². The van der Waals surface area contributed by atoms with Crippen molar-refractivity contribution in [1.82, 2.24) is 4.72 Å². The highest BCUT2D eigenvalue weighted by atomic mass is 32.2. The number of aromatic carboxylic acids is 1. The maximum Gasteiger partial charge on any atom is 0.347 e. The van der Waals surface area contributed by atoms with Gasteiger partial charge in [0.25, 0.3) is 0 Å². The zero-order valence-electron chi connectivity index (χ0n) is 11.0. The van der Waals surface area contributed by atoms with Crippen molar-refractivity contribution in [2.75, 3.05) is 6.61 Å². The minimum Gasteiger partial charge on any atom is -0.477 e. The molecule has 0 aliphatic heterocycles. The summed E-state index contributed by atoms with van der Waals surface area (Å²) in [7, 11) is -3.88. The quantitative estimate of drug-likeness (QED) is 0.756. The largest absolute Gasteiger partial charge is 0.477 e. The second-order valence-corrected chi connectivity index (χ2v) is 7.51. The molecule has 20 heavy (non-hydrogen) atoms. The summed E-state index contributed by atoms with van der Waals surface area (Å²) in [5, 5.41) is 19.8. The molecule has 0 spiro atoms. The topological polar surface area (TPSA) is 104 Å². The lowest BCUT2D eigenvalue weighted by atomic mass is 10.1. The van der Waals surface area contributed by atoms with Crippen LogP contribution in [0.1, 0.15) is 34.5 Å². The van der Waals surface area contributed by atoms with Gasteiger partial charge in [-0.15, -0.1) is 11.3 Å². The molecule has 8 heteroatoms. The zero-order chi connectivity index (χ0) is 14.9. The van der Waals surface area contributed by atoms with Crippen molar-refractivity contribution in [2.24, 2.45) is 5.92 Å². The van der Waals surface area contributed by atoms with Gasteiger partial charge in [0, 0.05) is 12.6 Å². The fourth-order valence-corrected chi connectivity index (χ4v) is 5.55. The Bertz CT molecular complexity index is 607. The van der Waals surface area contributed by atoms with Crippen LogP contribution in [0.3, 0.4) is 0 Å². The van der Waals surface area contributed by atoms with Gasteiger partial charge in [0.05, 0.1) is 0 Å². The Labute approximate surface area is 121 Å². The number of thiophene rings is 1. The van der Waals surface area contributed by atoms with Crippen LogP contribution in [0.15, 0.2) is 10.3 Å². The lowest BCUT2D eigenvalue weighted by Crippen LogP contribution is -2.39. The molecule has 0 amide bonds. The number of rotatable bonds is 5. The van der Waals surface area contributed by atoms with Crippen LogP contribution in [0.25, 0.3) is 0 Å². The van der Waals surface area contributed by atoms with Gasteiger partial charge in [-0.05, 0) is 36.6 Å². The van der Waals surface area contributed by atoms with Gasteiger partial charge in [0.15, 0.2) is 0 Å². The van der Waals surface area contributed by atoms with Crippen LogP contribution in [0.4, 0.5) is 0 Å². The van der Waals surface area contributed by atoms with Crippen molar-refractivity contribution in [3.63, 3.8) is 0 Å². The van der Waals surface area contributed by atoms with Gasteiger partial charge in [-0.25, -0.2) is 17.9 Å². The number of nitrogens with one attached hydrogen (secondary N) is 1. The maximum absolute atomic E-state index is 12.4. The fraction of sp³-hybridized carbons (Fsp3) is 0.583. The number of carbonyl (C=O) groups is 1. The number of carboxylic acid groups (broad SMARTS) is 1. The third kappa shape index (κ3) is 2.88. The van der Waals surface area contributed by atoms with Crippen molar-refractivity contribution in [1.29, 1.82) is 0 Å². The van der Waals surface area contributed by atoms with E-state index in [2.05, 4.69) is 4.72 Å². The SMILES string of the molecule is Cc1csc(C(=O)O)c1S(=O)(=O)NC1CCCC1CO. The molecule has 2 atom stereocenters. The van der Waals surface area contributed by atoms with Crippen molar-refractivity contribution in [3.8, 4) is 0 Å². The second kappa shape index (κ2) is 5.80. The number of sulfonamides is 1. The van der Waals surface area contributed by atoms with Crippen LogP contribution in [0, 0.1) is 12.8 Å². The van der Waals surface area contributed by atoms with E-state index in [0.717, 1.165) is 24.2 Å². The summed E-state index contributed by atoms with van der Waals surface area (Å²) in [6, 6.07) is -0.328. The van der Waals surface area contributed by atoms with E-state index in [4.69, 9.17) is 5.11 Å². The molecular weight excluding hydrogens is 302 g/mol. The molecule has 112 valence electrons. The first-order valence-electron chi connectivity index (χ1n) is 6.31. The highest BCUT2D eigenvalue weighted by molar-refractivity contribution is 7.89. The third-order valence-electron chi connectivity index (χ3n) is 3.58. The molecule has 3 N–H and O–H groups in total. The minimum atomic E-state index is -3.88. The molecule has 1 fully saturated rings. The van der Waals surface area contributed by atoms with Gasteiger partial charge >= 0.3 is 5.97 Å². The summed E-state index contributed by atoms with van der Waals surface area (Å²) < 4.78 is 27.4. The van der Waals surface area contributed by atoms with E-state index < -0.39 is 16.0 Å². The molecule has 1 aromatic heterocycles. The van der Waals surface area contributed by atoms with Crippen LogP contribution in [0.2, 0.25) is 0 Å². The highest BCUT2D eigenvalue weighted by Gasteiger charge is 2.34. The molecule has 0 bridgehead atoms. The van der Waals surface area contributed by atoms with Gasteiger partial charge in [0.1, 0.15) is 9.77 Å². The van der Waals surface area contributed by atoms with Gasteiger partial charge < -0.3 is 10.2 Å². The van der Waals surface area contributed by atoms with Crippen LogP contribution in [-0.4, -0.2) is 37.2 Å². The maximum atomic E-state index is 12.4. The molecule has 6 nitrogen and oxygen atoms in total. The molecule has 1 saturated carbocycles. The number of aryl methyl sites for hydroxylation is 1. The van der Waals surface area contributed by atoms with Crippen LogP contribution >= 0.6 is 11.3 Å². The lowest BCUT2D eigenvalue weighted by molar-refractivity contribution is 0.0698. The van der Waals surface area contributed by atoms with Crippen LogP contribution in [-0.2, 0) is 10.0 Å². The first-order chi connectivity index (χ1) is 9.36. The van der Waals surface area contributed by atoms with Crippen molar-refractivity contribution >= 4 is 27.3 Å². The molecule has 0 saturated heterocycles. The Kier molecular flexibility index (Phi) is 4.48. The van der Waals surface area contributed by atoms with Gasteiger partial charge in [-0.3, -0.25) is 0 Å². The summed E-state index contributed by atoms with van der Waals surface area (Å²) in [6.07, 6.45) is 2.29. The van der Waals surface area contributed by atoms with Crippen LogP contribution in [0.5, 0.6) is 0 Å². The molecule has 0 radical (unpaired) electrons. The van der Waals surface area contributed by atoms with Crippen molar-refractivity contribution in [2.45, 2.75) is 37.1 Å². The van der Waals surface area contributed by atoms with E-state index in [1.165, 1.54) is 5.38 Å². The van der Waals surface area contributed by atoms with Gasteiger partial charge in [-0.2, -0.15) is 0 Å². The molecule has 2 rings (SSSR count). The first-order valence-corrected chi connectivity index (χ1v) is 8.67. The Hall–Kier alpha value is -0.960. The highest BCUT2D eigenvalue weighted by Crippen LogP contribution is 2.30. The smallest absolute Gasteiger partial charge is 0.347 e. The number of hydrogen-bond donors (Lipinski definition) is 3. The molecule has 2 unspecified atom stereocenters. The Morgan fingerprint density at radius 3 is 2.80 bits per heavy atom. The zero-order valence-corrected chi connectivity index (χ0v) is 12.6. The standard InChI is InChI=1S/C12H17NO5S2/c1-7-6-19-10(12(15)16)11(7)20(17,18)13-9-4-2-3-8(9)5-14/h6,8-9,13-14H,2-5H2,1H3,(H,15,16). The summed E-state index contributed by atoms with van der Waals surface area (Å²) in [6.45, 7) is 1.51. The minimum absolute atomic E-state index is 0.0679. The van der Waals surface area contributed by atoms with Gasteiger partial charge in [-0.1, -0.05) is 6.42 Å². The second-order valence-electron chi connectivity index (χ2n) is 4.98. The average Bonchev–Trinajstić information content (AvgIpc) is 2.94. The van der Waals surface area contributed by atoms with E-state index in [1.54, 1.807) is 6.92 Å². The number of aliphatic hydroxyl groups excluding tert-OH is 1. The molecule has 0 aromatic carbocycles. The molecule has 1 heterocycles. The third-order valence-corrected chi connectivity index (χ3v) is 6.47. The average molecular weight is 319 g/mol. The summed E-state index contributed by atoms with van der Waals surface area (Å²) in [5.41, 5.74) is 0.429. The summed E-state index contributed by atoms with van der Waals surface area (Å²) in [4.78, 5) is 10.8. The van der Waals surface area contributed by atoms with E-state index in [0.29, 0.717) is 12.0 Å². The molecule has 1 aliphatic rings. The molecule has 1 aliphatic carbocycles. The predicted molar refractivity (Wildman–Crippen MR) is 74.6 cm³/mol.